The molecule has 6 aromatic carbocycles. The average molecular weight is 463 g/mol. The Kier molecular flexibility index (Phi) is 5.84. The van der Waals surface area contributed by atoms with Gasteiger partial charge in [-0.25, -0.2) is 0 Å². The highest BCUT2D eigenvalue weighted by Gasteiger charge is 2.19. The quantitative estimate of drug-likeness (QED) is 0.243. The molecule has 0 aromatic heterocycles. The van der Waals surface area contributed by atoms with Gasteiger partial charge in [0.15, 0.2) is 0 Å². The van der Waals surface area contributed by atoms with Crippen molar-refractivity contribution in [2.75, 3.05) is 0 Å². The first-order chi connectivity index (χ1) is 17.4. The summed E-state index contributed by atoms with van der Waals surface area (Å²) in [6, 6.07) is 52.9. The molecule has 6 rings (SSSR count). The Labute approximate surface area is 209 Å². The van der Waals surface area contributed by atoms with E-state index >= 15 is 0 Å². The van der Waals surface area contributed by atoms with Gasteiger partial charge < -0.3 is 0 Å². The Morgan fingerprint density at radius 1 is 0.371 bits per heavy atom. The van der Waals surface area contributed by atoms with Gasteiger partial charge in [-0.05, 0) is 49.3 Å². The third-order valence-electron chi connectivity index (χ3n) is 6.79. The minimum atomic E-state index is -0.828. The fourth-order valence-corrected chi connectivity index (χ4v) is 7.38. The predicted molar refractivity (Wildman–Crippen MR) is 155 cm³/mol. The number of hydrogen-bond acceptors (Lipinski definition) is 0. The summed E-state index contributed by atoms with van der Waals surface area (Å²) in [6.45, 7) is 0. The van der Waals surface area contributed by atoms with Crippen molar-refractivity contribution >= 4 is 30.7 Å². The SMILES string of the molecule is c1ccc(-c2ccc(-c3ccccc3)c(-c3ccccc3)c2[SiH2]c2cccc3ccccc23)cc1. The van der Waals surface area contributed by atoms with E-state index in [4.69, 9.17) is 0 Å². The molecule has 0 amide bonds. The van der Waals surface area contributed by atoms with Crippen LogP contribution < -0.4 is 10.4 Å². The molecule has 0 heterocycles. The lowest BCUT2D eigenvalue weighted by Gasteiger charge is -2.21. The second kappa shape index (κ2) is 9.58. The van der Waals surface area contributed by atoms with E-state index in [1.165, 1.54) is 54.5 Å². The van der Waals surface area contributed by atoms with Gasteiger partial charge in [-0.1, -0.05) is 151 Å². The highest BCUT2D eigenvalue weighted by atomic mass is 28.2. The average Bonchev–Trinajstić information content (AvgIpc) is 2.94. The molecule has 0 fully saturated rings. The zero-order valence-electron chi connectivity index (χ0n) is 19.6. The predicted octanol–water partition coefficient (Wildman–Crippen LogP) is 6.96. The van der Waals surface area contributed by atoms with Crippen LogP contribution in [0.25, 0.3) is 44.2 Å². The molecule has 0 nitrogen and oxygen atoms in total. The van der Waals surface area contributed by atoms with Gasteiger partial charge in [-0.3, -0.25) is 0 Å². The summed E-state index contributed by atoms with van der Waals surface area (Å²) in [5, 5.41) is 5.69. The van der Waals surface area contributed by atoms with Gasteiger partial charge in [0.05, 0.1) is 9.52 Å². The van der Waals surface area contributed by atoms with Crippen molar-refractivity contribution in [3.8, 4) is 33.4 Å². The largest absolute Gasteiger partial charge is 0.0899 e. The highest BCUT2D eigenvalue weighted by molar-refractivity contribution is 6.72. The van der Waals surface area contributed by atoms with E-state index in [1.54, 1.807) is 0 Å². The molecule has 0 spiro atoms. The van der Waals surface area contributed by atoms with Crippen molar-refractivity contribution < 1.29 is 0 Å². The summed E-state index contributed by atoms with van der Waals surface area (Å²) in [4.78, 5) is 0. The van der Waals surface area contributed by atoms with Crippen LogP contribution in [0.5, 0.6) is 0 Å². The second-order valence-corrected chi connectivity index (χ2v) is 10.7. The maximum Gasteiger partial charge on any atom is 0.0899 e. The van der Waals surface area contributed by atoms with Gasteiger partial charge >= 0.3 is 0 Å². The Morgan fingerprint density at radius 3 is 1.57 bits per heavy atom. The maximum atomic E-state index is 2.34. The van der Waals surface area contributed by atoms with Crippen LogP contribution >= 0.6 is 0 Å². The van der Waals surface area contributed by atoms with E-state index in [0.29, 0.717) is 0 Å². The summed E-state index contributed by atoms with van der Waals surface area (Å²) in [7, 11) is -0.828. The van der Waals surface area contributed by atoms with Gasteiger partial charge in [-0.2, -0.15) is 0 Å². The van der Waals surface area contributed by atoms with Gasteiger partial charge in [0.25, 0.3) is 0 Å². The molecule has 0 aliphatic carbocycles. The molecule has 1 heteroatoms. The molecule has 0 bridgehead atoms. The van der Waals surface area contributed by atoms with Crippen LogP contribution in [0.4, 0.5) is 0 Å². The fraction of sp³-hybridized carbons (Fsp3) is 0. The van der Waals surface area contributed by atoms with Crippen LogP contribution in [0, 0.1) is 0 Å². The molecule has 0 saturated heterocycles. The highest BCUT2D eigenvalue weighted by Crippen LogP contribution is 2.34. The van der Waals surface area contributed by atoms with Crippen molar-refractivity contribution in [2.45, 2.75) is 0 Å². The van der Waals surface area contributed by atoms with E-state index in [0.717, 1.165) is 0 Å². The maximum absolute atomic E-state index is 2.34. The molecule has 0 aliphatic heterocycles. The summed E-state index contributed by atoms with van der Waals surface area (Å²) >= 11 is 0. The summed E-state index contributed by atoms with van der Waals surface area (Å²) in [5.41, 5.74) is 7.86. The Hall–Kier alpha value is -4.20. The molecule has 0 aliphatic rings. The lowest BCUT2D eigenvalue weighted by atomic mass is 9.91. The van der Waals surface area contributed by atoms with Gasteiger partial charge in [0.1, 0.15) is 0 Å². The number of fused-ring (bicyclic) bond motifs is 1. The molecular weight excluding hydrogens is 436 g/mol. The van der Waals surface area contributed by atoms with Crippen molar-refractivity contribution in [3.63, 3.8) is 0 Å². The fourth-order valence-electron chi connectivity index (χ4n) is 5.15. The Balaban J connectivity index is 1.67. The zero-order valence-corrected chi connectivity index (χ0v) is 21.0. The minimum absolute atomic E-state index is 0.828. The Bertz CT molecular complexity index is 1580. The third kappa shape index (κ3) is 4.23. The smallest absolute Gasteiger partial charge is 0.0626 e. The monoisotopic (exact) mass is 462 g/mol. The molecular formula is C34H26Si. The van der Waals surface area contributed by atoms with Crippen molar-refractivity contribution in [1.29, 1.82) is 0 Å². The van der Waals surface area contributed by atoms with Crippen LogP contribution in [0.3, 0.4) is 0 Å². The molecule has 0 radical (unpaired) electrons. The normalized spacial score (nSPS) is 11.3. The van der Waals surface area contributed by atoms with Gasteiger partial charge in [0, 0.05) is 0 Å². The van der Waals surface area contributed by atoms with E-state index in [9.17, 15) is 0 Å². The van der Waals surface area contributed by atoms with E-state index in [2.05, 4.69) is 146 Å². The van der Waals surface area contributed by atoms with Gasteiger partial charge in [-0.15, -0.1) is 0 Å². The van der Waals surface area contributed by atoms with Crippen LogP contribution in [0.15, 0.2) is 146 Å². The first kappa shape index (κ1) is 21.3. The molecule has 0 saturated carbocycles. The van der Waals surface area contributed by atoms with E-state index < -0.39 is 9.52 Å². The summed E-state index contributed by atoms with van der Waals surface area (Å²) in [6.07, 6.45) is 0. The number of rotatable bonds is 5. The molecule has 6 aromatic rings. The number of benzene rings is 6. The summed E-state index contributed by atoms with van der Waals surface area (Å²) in [5.74, 6) is 0. The van der Waals surface area contributed by atoms with Crippen LogP contribution in [-0.4, -0.2) is 9.52 Å². The van der Waals surface area contributed by atoms with Crippen LogP contribution in [0.1, 0.15) is 0 Å². The molecule has 0 N–H and O–H groups in total. The van der Waals surface area contributed by atoms with Gasteiger partial charge in [0.2, 0.25) is 0 Å². The molecule has 166 valence electrons. The van der Waals surface area contributed by atoms with Crippen molar-refractivity contribution in [3.05, 3.63) is 146 Å². The van der Waals surface area contributed by atoms with Crippen molar-refractivity contribution in [2.24, 2.45) is 0 Å². The van der Waals surface area contributed by atoms with E-state index in [-0.39, 0.29) is 0 Å². The lowest BCUT2D eigenvalue weighted by Crippen LogP contribution is -2.31. The molecule has 35 heavy (non-hydrogen) atoms. The lowest BCUT2D eigenvalue weighted by molar-refractivity contribution is 1.58. The first-order valence-corrected chi connectivity index (χ1v) is 13.6. The second-order valence-electron chi connectivity index (χ2n) is 8.93. The molecule has 0 atom stereocenters. The minimum Gasteiger partial charge on any atom is -0.0626 e. The molecule has 0 unspecified atom stereocenters. The van der Waals surface area contributed by atoms with Crippen LogP contribution in [0.2, 0.25) is 0 Å². The van der Waals surface area contributed by atoms with Crippen molar-refractivity contribution in [1.82, 2.24) is 0 Å². The topological polar surface area (TPSA) is 0 Å². The standard InChI is InChI=1S/C34H26Si/c1-4-13-26(14-5-1)30-23-24-31(27-15-6-2-7-16-27)34(33(30)28-18-8-3-9-19-28)35-32-22-12-20-25-17-10-11-21-29(25)32/h1-24H,35H2. The van der Waals surface area contributed by atoms with E-state index in [1.807, 2.05) is 0 Å². The zero-order chi connectivity index (χ0) is 23.5. The Morgan fingerprint density at radius 2 is 0.886 bits per heavy atom. The van der Waals surface area contributed by atoms with Crippen LogP contribution in [-0.2, 0) is 0 Å². The number of hydrogen-bond donors (Lipinski definition) is 0. The third-order valence-corrected chi connectivity index (χ3v) is 8.88. The first-order valence-electron chi connectivity index (χ1n) is 12.2. The summed E-state index contributed by atoms with van der Waals surface area (Å²) < 4.78 is 0.